The van der Waals surface area contributed by atoms with E-state index in [2.05, 4.69) is 4.98 Å². The number of ether oxygens (including phenoxy) is 1. The van der Waals surface area contributed by atoms with Crippen LogP contribution in [0.5, 0.6) is 0 Å². The van der Waals surface area contributed by atoms with Gasteiger partial charge in [0.1, 0.15) is 0 Å². The van der Waals surface area contributed by atoms with Crippen molar-refractivity contribution < 1.29 is 9.53 Å². The quantitative estimate of drug-likeness (QED) is 0.658. The Morgan fingerprint density at radius 3 is 2.33 bits per heavy atom. The zero-order chi connectivity index (χ0) is 19.1. The molecule has 0 bridgehead atoms. The van der Waals surface area contributed by atoms with Crippen LogP contribution in [0.1, 0.15) is 6.92 Å². The van der Waals surface area contributed by atoms with Crippen molar-refractivity contribution in [2.45, 2.75) is 6.92 Å². The first-order valence-electron chi connectivity index (χ1n) is 8.40. The van der Waals surface area contributed by atoms with Crippen LogP contribution in [0.25, 0.3) is 17.1 Å². The predicted molar refractivity (Wildman–Crippen MR) is 100 cm³/mol. The summed E-state index contributed by atoms with van der Waals surface area (Å²) in [5.74, 6) is 0.179. The third-order valence-corrected chi connectivity index (χ3v) is 4.43. The fourth-order valence-corrected chi connectivity index (χ4v) is 3.23. The van der Waals surface area contributed by atoms with Crippen LogP contribution >= 0.6 is 0 Å². The van der Waals surface area contributed by atoms with Gasteiger partial charge in [0.2, 0.25) is 0 Å². The first-order chi connectivity index (χ1) is 13.0. The lowest BCUT2D eigenvalue weighted by Crippen LogP contribution is -2.45. The van der Waals surface area contributed by atoms with Gasteiger partial charge in [0.05, 0.1) is 23.7 Å². The predicted octanol–water partition coefficient (Wildman–Crippen LogP) is 2.15. The van der Waals surface area contributed by atoms with Crippen molar-refractivity contribution in [2.24, 2.45) is 0 Å². The van der Waals surface area contributed by atoms with E-state index in [0.29, 0.717) is 15.8 Å². The van der Waals surface area contributed by atoms with Gasteiger partial charge in [-0.05, 0) is 31.2 Å². The van der Waals surface area contributed by atoms with Crippen molar-refractivity contribution >= 4 is 17.5 Å². The Kier molecular flexibility index (Phi) is 3.88. The molecule has 0 fully saturated rings. The molecule has 1 aliphatic rings. The Morgan fingerprint density at radius 1 is 1.00 bits per heavy atom. The highest BCUT2D eigenvalue weighted by atomic mass is 16.5. The van der Waals surface area contributed by atoms with Gasteiger partial charge in [-0.2, -0.15) is 4.98 Å². The molecule has 0 atom stereocenters. The molecule has 27 heavy (non-hydrogen) atoms. The van der Waals surface area contributed by atoms with Crippen LogP contribution in [-0.2, 0) is 4.74 Å². The fraction of sp³-hybridized carbons (Fsp3) is 0.158. The van der Waals surface area contributed by atoms with E-state index in [0.717, 1.165) is 11.4 Å². The molecule has 0 saturated heterocycles. The van der Waals surface area contributed by atoms with Crippen LogP contribution in [0, 0.1) is 0 Å². The summed E-state index contributed by atoms with van der Waals surface area (Å²) in [7, 11) is 1.87. The first kappa shape index (κ1) is 16.8. The van der Waals surface area contributed by atoms with Crippen LogP contribution in [0.15, 0.2) is 58.1 Å². The van der Waals surface area contributed by atoms with Gasteiger partial charge in [-0.15, -0.1) is 4.57 Å². The van der Waals surface area contributed by atoms with Gasteiger partial charge in [-0.25, -0.2) is 19.0 Å². The Balaban J connectivity index is 2.17. The third-order valence-electron chi connectivity index (χ3n) is 4.43. The molecule has 136 valence electrons. The van der Waals surface area contributed by atoms with Gasteiger partial charge in [0.25, 0.3) is 0 Å². The van der Waals surface area contributed by atoms with E-state index < -0.39 is 17.5 Å². The van der Waals surface area contributed by atoms with Crippen LogP contribution in [0.2, 0.25) is 0 Å². The van der Waals surface area contributed by atoms with E-state index in [1.807, 2.05) is 36.2 Å². The molecule has 0 aliphatic carbocycles. The highest BCUT2D eigenvalue weighted by molar-refractivity contribution is 5.85. The number of para-hydroxylation sites is 3. The van der Waals surface area contributed by atoms with E-state index >= 15 is 0 Å². The lowest BCUT2D eigenvalue weighted by Gasteiger charge is -2.20. The lowest BCUT2D eigenvalue weighted by molar-refractivity contribution is 0.151. The van der Waals surface area contributed by atoms with Gasteiger partial charge < -0.3 is 9.64 Å². The SMILES string of the molecule is CCOC(=O)n1c(=O)nc2n(c1=O)-c1ccccc1N(C)c1ccccc1-2. The summed E-state index contributed by atoms with van der Waals surface area (Å²) in [6.45, 7) is 1.63. The molecule has 3 aromatic rings. The van der Waals surface area contributed by atoms with E-state index in [-0.39, 0.29) is 12.4 Å². The molecule has 0 unspecified atom stereocenters. The highest BCUT2D eigenvalue weighted by Gasteiger charge is 2.27. The zero-order valence-electron chi connectivity index (χ0n) is 14.7. The molecule has 0 amide bonds. The molecule has 2 aromatic carbocycles. The Bertz CT molecular complexity index is 1180. The van der Waals surface area contributed by atoms with Gasteiger partial charge in [-0.1, -0.05) is 24.3 Å². The summed E-state index contributed by atoms with van der Waals surface area (Å²) < 4.78 is 6.54. The minimum absolute atomic E-state index is 0.0363. The van der Waals surface area contributed by atoms with E-state index in [9.17, 15) is 14.4 Å². The second-order valence-corrected chi connectivity index (χ2v) is 5.94. The molecule has 8 nitrogen and oxygen atoms in total. The average molecular weight is 364 g/mol. The number of anilines is 2. The monoisotopic (exact) mass is 364 g/mol. The van der Waals surface area contributed by atoms with E-state index in [1.165, 1.54) is 4.57 Å². The standard InChI is InChI=1S/C19H16N4O4/c1-3-27-19(26)23-17(24)20-16-12-8-4-5-9-13(12)21(2)14-10-6-7-11-15(14)22(16)18(23)25/h4-11H,3H2,1-2H3. The van der Waals surface area contributed by atoms with Crippen LogP contribution in [-0.4, -0.2) is 33.9 Å². The van der Waals surface area contributed by atoms with Gasteiger partial charge in [0, 0.05) is 12.6 Å². The molecule has 1 aliphatic heterocycles. The van der Waals surface area contributed by atoms with Crippen molar-refractivity contribution in [3.8, 4) is 17.1 Å². The highest BCUT2D eigenvalue weighted by Crippen LogP contribution is 2.39. The van der Waals surface area contributed by atoms with Crippen LogP contribution in [0.3, 0.4) is 0 Å². The number of fused-ring (bicyclic) bond motifs is 5. The molecule has 0 spiro atoms. The number of carbonyl (C=O) groups excluding carboxylic acids is 1. The number of hydrogen-bond acceptors (Lipinski definition) is 6. The lowest BCUT2D eigenvalue weighted by atomic mass is 10.1. The summed E-state index contributed by atoms with van der Waals surface area (Å²) in [5.41, 5.74) is 0.865. The number of rotatable bonds is 1. The Hall–Kier alpha value is -3.68. The van der Waals surface area contributed by atoms with Crippen LogP contribution < -0.4 is 16.3 Å². The van der Waals surface area contributed by atoms with E-state index in [4.69, 9.17) is 4.74 Å². The smallest absolute Gasteiger partial charge is 0.426 e. The molecule has 4 rings (SSSR count). The van der Waals surface area contributed by atoms with Gasteiger partial charge in [0.15, 0.2) is 5.82 Å². The summed E-state index contributed by atoms with van der Waals surface area (Å²) in [6, 6.07) is 14.6. The zero-order valence-corrected chi connectivity index (χ0v) is 14.7. The molecular weight excluding hydrogens is 348 g/mol. The first-order valence-corrected chi connectivity index (χ1v) is 8.40. The molecule has 1 aromatic heterocycles. The Morgan fingerprint density at radius 2 is 1.63 bits per heavy atom. The number of hydrogen-bond donors (Lipinski definition) is 0. The number of benzene rings is 2. The summed E-state index contributed by atoms with van der Waals surface area (Å²) in [6.07, 6.45) is -1.04. The van der Waals surface area contributed by atoms with Crippen molar-refractivity contribution in [1.29, 1.82) is 0 Å². The minimum atomic E-state index is -1.04. The van der Waals surface area contributed by atoms with Gasteiger partial charge >= 0.3 is 17.5 Å². The molecule has 0 saturated carbocycles. The maximum atomic E-state index is 13.1. The maximum absolute atomic E-state index is 13.1. The minimum Gasteiger partial charge on any atom is -0.449 e. The number of aromatic nitrogens is 3. The van der Waals surface area contributed by atoms with Crippen LogP contribution in [0.4, 0.5) is 16.2 Å². The molecule has 8 heteroatoms. The van der Waals surface area contributed by atoms with Gasteiger partial charge in [-0.3, -0.25) is 0 Å². The second kappa shape index (κ2) is 6.24. The summed E-state index contributed by atoms with van der Waals surface area (Å²) in [4.78, 5) is 43.7. The normalized spacial score (nSPS) is 11.9. The summed E-state index contributed by atoms with van der Waals surface area (Å²) in [5, 5.41) is 0. The van der Waals surface area contributed by atoms with E-state index in [1.54, 1.807) is 31.2 Å². The molecule has 0 radical (unpaired) electrons. The molecule has 2 heterocycles. The largest absolute Gasteiger partial charge is 0.449 e. The average Bonchev–Trinajstić information content (AvgIpc) is 2.77. The van der Waals surface area contributed by atoms with Crippen molar-refractivity contribution in [3.05, 3.63) is 69.5 Å². The molecule has 0 N–H and O–H groups in total. The van der Waals surface area contributed by atoms with Crippen molar-refractivity contribution in [2.75, 3.05) is 18.6 Å². The number of carbonyl (C=O) groups is 1. The van der Waals surface area contributed by atoms with Crippen molar-refractivity contribution in [1.82, 2.24) is 14.1 Å². The second-order valence-electron chi connectivity index (χ2n) is 5.94. The fourth-order valence-electron chi connectivity index (χ4n) is 3.23. The van der Waals surface area contributed by atoms with Crippen molar-refractivity contribution in [3.63, 3.8) is 0 Å². The Labute approximate surface area is 153 Å². The third kappa shape index (κ3) is 2.45. The number of nitrogens with zero attached hydrogens (tertiary/aromatic N) is 4. The topological polar surface area (TPSA) is 86.4 Å². The molecular formula is C19H16N4O4. The summed E-state index contributed by atoms with van der Waals surface area (Å²) >= 11 is 0. The maximum Gasteiger partial charge on any atom is 0.426 e.